The molecule has 0 bridgehead atoms. The van der Waals surface area contributed by atoms with E-state index in [-0.39, 0.29) is 11.9 Å². The number of pyridine rings is 1. The van der Waals surface area contributed by atoms with Gasteiger partial charge in [0.25, 0.3) is 0 Å². The third-order valence-electron chi connectivity index (χ3n) is 3.04. The highest BCUT2D eigenvalue weighted by atomic mass is 19.4. The van der Waals surface area contributed by atoms with Crippen molar-refractivity contribution in [2.75, 3.05) is 25.1 Å². The summed E-state index contributed by atoms with van der Waals surface area (Å²) in [6, 6.07) is 2.55. The maximum atomic E-state index is 12.5. The number of methoxy groups -OCH3 is 1. The summed E-state index contributed by atoms with van der Waals surface area (Å²) in [7, 11) is 1.32. The molecule has 1 aliphatic heterocycles. The summed E-state index contributed by atoms with van der Waals surface area (Å²) in [5.41, 5.74) is -0.426. The summed E-state index contributed by atoms with van der Waals surface area (Å²) in [5.74, 6) is -0.162. The van der Waals surface area contributed by atoms with E-state index >= 15 is 0 Å². The van der Waals surface area contributed by atoms with E-state index in [2.05, 4.69) is 9.72 Å². The van der Waals surface area contributed by atoms with Gasteiger partial charge in [0.1, 0.15) is 5.69 Å². The summed E-state index contributed by atoms with van der Waals surface area (Å²) in [5, 5.41) is 0. The molecule has 1 aromatic rings. The number of anilines is 1. The summed E-state index contributed by atoms with van der Waals surface area (Å²) >= 11 is 0. The lowest BCUT2D eigenvalue weighted by atomic mass is 9.95. The van der Waals surface area contributed by atoms with Crippen molar-refractivity contribution < 1.29 is 22.7 Å². The normalized spacial score (nSPS) is 16.1. The molecular weight excluding hydrogens is 261 g/mol. The Kier molecular flexibility index (Phi) is 3.64. The van der Waals surface area contributed by atoms with Gasteiger partial charge in [-0.05, 0) is 12.1 Å². The Morgan fingerprint density at radius 1 is 1.53 bits per heavy atom. The van der Waals surface area contributed by atoms with Crippen LogP contribution in [0.25, 0.3) is 0 Å². The van der Waals surface area contributed by atoms with Crippen molar-refractivity contribution in [2.24, 2.45) is 5.92 Å². The molecule has 2 rings (SSSR count). The molecule has 0 unspecified atom stereocenters. The minimum Gasteiger partial charge on any atom is -0.469 e. The molecule has 4 nitrogen and oxygen atoms in total. The third-order valence-corrected chi connectivity index (χ3v) is 3.04. The molecule has 0 aromatic carbocycles. The van der Waals surface area contributed by atoms with Gasteiger partial charge in [0.05, 0.1) is 13.5 Å². The van der Waals surface area contributed by atoms with Crippen molar-refractivity contribution >= 4 is 11.7 Å². The van der Waals surface area contributed by atoms with Gasteiger partial charge in [-0.3, -0.25) is 9.78 Å². The van der Waals surface area contributed by atoms with Crippen LogP contribution in [0, 0.1) is 5.92 Å². The van der Waals surface area contributed by atoms with Crippen LogP contribution < -0.4 is 4.90 Å². The van der Waals surface area contributed by atoms with E-state index in [9.17, 15) is 18.0 Å². The Labute approximate surface area is 108 Å². The van der Waals surface area contributed by atoms with Gasteiger partial charge in [0, 0.05) is 30.9 Å². The number of halogens is 3. The lowest BCUT2D eigenvalue weighted by molar-refractivity contribution is -0.142. The summed E-state index contributed by atoms with van der Waals surface area (Å²) in [6.07, 6.45) is -3.00. The number of ether oxygens (including phenoxy) is 1. The van der Waals surface area contributed by atoms with Gasteiger partial charge in [0.2, 0.25) is 0 Å². The van der Waals surface area contributed by atoms with Crippen molar-refractivity contribution in [3.63, 3.8) is 0 Å². The van der Waals surface area contributed by atoms with Crippen molar-refractivity contribution in [1.29, 1.82) is 0 Å². The summed E-state index contributed by atoms with van der Waals surface area (Å²) < 4.78 is 42.1. The number of nitrogens with zero attached hydrogens (tertiary/aromatic N) is 2. The first-order valence-electron chi connectivity index (χ1n) is 5.75. The number of hydrogen-bond acceptors (Lipinski definition) is 4. The monoisotopic (exact) mass is 274 g/mol. The third kappa shape index (κ3) is 3.15. The number of aromatic nitrogens is 1. The van der Waals surface area contributed by atoms with Gasteiger partial charge in [-0.15, -0.1) is 0 Å². The van der Waals surface area contributed by atoms with Crippen LogP contribution >= 0.6 is 0 Å². The molecule has 0 N–H and O–H groups in total. The van der Waals surface area contributed by atoms with Crippen molar-refractivity contribution in [3.8, 4) is 0 Å². The zero-order valence-electron chi connectivity index (χ0n) is 10.3. The van der Waals surface area contributed by atoms with Crippen LogP contribution in [0.15, 0.2) is 18.3 Å². The molecule has 7 heteroatoms. The fourth-order valence-corrected chi connectivity index (χ4v) is 2.00. The van der Waals surface area contributed by atoms with E-state index in [1.165, 1.54) is 13.2 Å². The fourth-order valence-electron chi connectivity index (χ4n) is 2.00. The van der Waals surface area contributed by atoms with Crippen LogP contribution in [0.2, 0.25) is 0 Å². The largest absolute Gasteiger partial charge is 0.469 e. The molecule has 1 fully saturated rings. The SMILES string of the molecule is COC(=O)CC1CN(c2ccnc(C(F)(F)F)c2)C1. The molecule has 0 amide bonds. The predicted octanol–water partition coefficient (Wildman–Crippen LogP) is 2.10. The highest BCUT2D eigenvalue weighted by Crippen LogP contribution is 2.32. The Balaban J connectivity index is 1.97. The number of alkyl halides is 3. The number of carbonyl (C=O) groups excluding carboxylic acids is 1. The van der Waals surface area contributed by atoms with Crippen LogP contribution in [0.5, 0.6) is 0 Å². The summed E-state index contributed by atoms with van der Waals surface area (Å²) in [4.78, 5) is 16.1. The molecule has 0 spiro atoms. The van der Waals surface area contributed by atoms with E-state index in [1.54, 1.807) is 4.90 Å². The number of hydrogen-bond donors (Lipinski definition) is 0. The van der Waals surface area contributed by atoms with Crippen LogP contribution in [-0.2, 0) is 15.7 Å². The van der Waals surface area contributed by atoms with Gasteiger partial charge in [0.15, 0.2) is 0 Å². The second-order valence-electron chi connectivity index (χ2n) is 4.45. The van der Waals surface area contributed by atoms with E-state index in [0.717, 1.165) is 12.3 Å². The van der Waals surface area contributed by atoms with Crippen LogP contribution in [0.3, 0.4) is 0 Å². The van der Waals surface area contributed by atoms with Crippen molar-refractivity contribution in [1.82, 2.24) is 4.98 Å². The van der Waals surface area contributed by atoms with Crippen molar-refractivity contribution in [3.05, 3.63) is 24.0 Å². The number of carbonyl (C=O) groups is 1. The molecule has 1 saturated heterocycles. The molecular formula is C12H13F3N2O2. The maximum absolute atomic E-state index is 12.5. The summed E-state index contributed by atoms with van der Waals surface area (Å²) in [6.45, 7) is 1.10. The molecule has 19 heavy (non-hydrogen) atoms. The quantitative estimate of drug-likeness (QED) is 0.792. The van der Waals surface area contributed by atoms with Crippen LogP contribution in [0.4, 0.5) is 18.9 Å². The number of esters is 1. The molecule has 0 aliphatic carbocycles. The van der Waals surface area contributed by atoms with Gasteiger partial charge in [-0.2, -0.15) is 13.2 Å². The Bertz CT molecular complexity index is 470. The Morgan fingerprint density at radius 2 is 2.21 bits per heavy atom. The van der Waals surface area contributed by atoms with Gasteiger partial charge in [-0.1, -0.05) is 0 Å². The van der Waals surface area contributed by atoms with Crippen molar-refractivity contribution in [2.45, 2.75) is 12.6 Å². The zero-order valence-corrected chi connectivity index (χ0v) is 10.3. The van der Waals surface area contributed by atoms with E-state index in [1.807, 2.05) is 0 Å². The standard InChI is InChI=1S/C12H13F3N2O2/c1-19-11(18)4-8-6-17(7-8)9-2-3-16-10(5-9)12(13,14)15/h2-3,5,8H,4,6-7H2,1H3. The highest BCUT2D eigenvalue weighted by Gasteiger charge is 2.34. The molecule has 0 atom stereocenters. The molecule has 0 radical (unpaired) electrons. The lowest BCUT2D eigenvalue weighted by Crippen LogP contribution is -2.47. The van der Waals surface area contributed by atoms with Crippen LogP contribution in [-0.4, -0.2) is 31.2 Å². The second kappa shape index (κ2) is 5.07. The zero-order chi connectivity index (χ0) is 14.0. The topological polar surface area (TPSA) is 42.4 Å². The van der Waals surface area contributed by atoms with E-state index < -0.39 is 11.9 Å². The Morgan fingerprint density at radius 3 is 2.79 bits per heavy atom. The van der Waals surface area contributed by atoms with E-state index in [0.29, 0.717) is 25.2 Å². The van der Waals surface area contributed by atoms with Crippen LogP contribution in [0.1, 0.15) is 12.1 Å². The predicted molar refractivity (Wildman–Crippen MR) is 61.6 cm³/mol. The molecule has 1 aliphatic rings. The lowest BCUT2D eigenvalue weighted by Gasteiger charge is -2.40. The first-order valence-corrected chi connectivity index (χ1v) is 5.75. The molecule has 1 aromatic heterocycles. The minimum absolute atomic E-state index is 0.134. The fraction of sp³-hybridized carbons (Fsp3) is 0.500. The first kappa shape index (κ1) is 13.6. The minimum atomic E-state index is -4.44. The second-order valence-corrected chi connectivity index (χ2v) is 4.45. The molecule has 0 saturated carbocycles. The van der Waals surface area contributed by atoms with Gasteiger partial charge < -0.3 is 9.64 Å². The average Bonchev–Trinajstić information content (AvgIpc) is 2.32. The average molecular weight is 274 g/mol. The molecule has 104 valence electrons. The maximum Gasteiger partial charge on any atom is 0.433 e. The van der Waals surface area contributed by atoms with Gasteiger partial charge in [-0.25, -0.2) is 0 Å². The smallest absolute Gasteiger partial charge is 0.433 e. The van der Waals surface area contributed by atoms with E-state index in [4.69, 9.17) is 0 Å². The van der Waals surface area contributed by atoms with Gasteiger partial charge >= 0.3 is 12.1 Å². The Hall–Kier alpha value is -1.79. The number of rotatable bonds is 3. The molecule has 2 heterocycles. The first-order chi connectivity index (χ1) is 8.90. The highest BCUT2D eigenvalue weighted by molar-refractivity contribution is 5.70.